The van der Waals surface area contributed by atoms with Crippen LogP contribution < -0.4 is 5.32 Å². The maximum absolute atomic E-state index is 12.3. The molecule has 1 saturated heterocycles. The highest BCUT2D eigenvalue weighted by Gasteiger charge is 2.30. The van der Waals surface area contributed by atoms with Gasteiger partial charge in [0.1, 0.15) is 10.8 Å². The van der Waals surface area contributed by atoms with Gasteiger partial charge in [0.25, 0.3) is 5.91 Å². The molecule has 0 spiro atoms. The first-order valence-corrected chi connectivity index (χ1v) is 9.67. The summed E-state index contributed by atoms with van der Waals surface area (Å²) in [4.78, 5) is 21.4. The zero-order chi connectivity index (χ0) is 17.6. The number of fused-ring (bicyclic) bond motifs is 1. The third kappa shape index (κ3) is 3.48. The Labute approximate surface area is 163 Å². The van der Waals surface area contributed by atoms with Gasteiger partial charge >= 0.3 is 0 Å². The van der Waals surface area contributed by atoms with Gasteiger partial charge in [-0.1, -0.05) is 20.8 Å². The monoisotopic (exact) mass is 393 g/mol. The van der Waals surface area contributed by atoms with Crippen molar-refractivity contribution in [2.45, 2.75) is 45.4 Å². The number of thiazole rings is 1. The third-order valence-corrected chi connectivity index (χ3v) is 5.73. The Morgan fingerprint density at radius 1 is 1.27 bits per heavy atom. The molecule has 6 nitrogen and oxygen atoms in total. The summed E-state index contributed by atoms with van der Waals surface area (Å²) in [7, 11) is 0. The zero-order valence-corrected chi connectivity index (χ0v) is 16.9. The molecule has 2 aliphatic rings. The normalized spacial score (nSPS) is 18.3. The molecule has 140 valence electrons. The number of aromatic nitrogens is 3. The van der Waals surface area contributed by atoms with Crippen molar-refractivity contribution in [3.63, 3.8) is 0 Å². The Bertz CT molecular complexity index is 842. The number of piperidine rings is 1. The number of carbonyl (C=O) groups is 1. The Hall–Kier alpha value is -1.57. The Morgan fingerprint density at radius 2 is 2.00 bits per heavy atom. The first kappa shape index (κ1) is 19.2. The molecule has 0 aromatic carbocycles. The van der Waals surface area contributed by atoms with Crippen LogP contribution in [-0.2, 0) is 16.6 Å². The lowest BCUT2D eigenvalue weighted by Crippen LogP contribution is -2.38. The van der Waals surface area contributed by atoms with Gasteiger partial charge in [0.05, 0.1) is 29.6 Å². The molecule has 2 aromatic rings. The minimum absolute atomic E-state index is 0. The van der Waals surface area contributed by atoms with Crippen LogP contribution in [0.5, 0.6) is 0 Å². The van der Waals surface area contributed by atoms with Crippen LogP contribution in [0.15, 0.2) is 16.6 Å². The highest BCUT2D eigenvalue weighted by atomic mass is 35.5. The lowest BCUT2D eigenvalue weighted by atomic mass is 9.93. The van der Waals surface area contributed by atoms with E-state index in [0.29, 0.717) is 12.3 Å². The maximum Gasteiger partial charge on any atom is 0.253 e. The van der Waals surface area contributed by atoms with E-state index in [-0.39, 0.29) is 23.7 Å². The minimum Gasteiger partial charge on any atom is -0.317 e. The molecule has 0 radical (unpaired) electrons. The fourth-order valence-corrected chi connectivity index (χ4v) is 4.44. The summed E-state index contributed by atoms with van der Waals surface area (Å²) in [6.45, 7) is 8.39. The summed E-state index contributed by atoms with van der Waals surface area (Å²) >= 11 is 1.62. The molecule has 0 unspecified atom stereocenters. The molecular weight excluding hydrogens is 370 g/mol. The van der Waals surface area contributed by atoms with Crippen molar-refractivity contribution < 1.29 is 4.79 Å². The molecule has 1 amide bonds. The number of aliphatic imine (C=N–C) groups is 1. The standard InChI is InChI=1S/C18H23N5OS.ClH/c1-18(2,3)14-10-25-17(21-14)12-9-20-23-13(12)8-15(24)22-16(23)11-4-6-19-7-5-11;/h9-11,19H,4-8H2,1-3H3;1H. The Balaban J connectivity index is 0.00000196. The van der Waals surface area contributed by atoms with Crippen molar-refractivity contribution in [1.29, 1.82) is 0 Å². The van der Waals surface area contributed by atoms with Crippen molar-refractivity contribution in [2.75, 3.05) is 13.1 Å². The molecule has 0 bridgehead atoms. The number of nitrogens with zero attached hydrogens (tertiary/aromatic N) is 4. The largest absolute Gasteiger partial charge is 0.317 e. The van der Waals surface area contributed by atoms with Gasteiger partial charge in [-0.3, -0.25) is 4.79 Å². The smallest absolute Gasteiger partial charge is 0.253 e. The van der Waals surface area contributed by atoms with Gasteiger partial charge in [0.2, 0.25) is 0 Å². The van der Waals surface area contributed by atoms with E-state index in [2.05, 4.69) is 41.6 Å². The van der Waals surface area contributed by atoms with E-state index in [1.54, 1.807) is 11.3 Å². The van der Waals surface area contributed by atoms with Crippen molar-refractivity contribution in [2.24, 2.45) is 10.9 Å². The van der Waals surface area contributed by atoms with E-state index < -0.39 is 0 Å². The lowest BCUT2D eigenvalue weighted by Gasteiger charge is -2.26. The topological polar surface area (TPSA) is 72.2 Å². The predicted molar refractivity (Wildman–Crippen MR) is 106 cm³/mol. The highest BCUT2D eigenvalue weighted by molar-refractivity contribution is 7.13. The average molecular weight is 394 g/mol. The van der Waals surface area contributed by atoms with Crippen molar-refractivity contribution >= 4 is 35.5 Å². The summed E-state index contributed by atoms with van der Waals surface area (Å²) in [5.74, 6) is 1.03. The summed E-state index contributed by atoms with van der Waals surface area (Å²) in [6, 6.07) is 0. The molecule has 1 N–H and O–H groups in total. The molecule has 26 heavy (non-hydrogen) atoms. The quantitative estimate of drug-likeness (QED) is 0.851. The van der Waals surface area contributed by atoms with Crippen molar-refractivity contribution in [1.82, 2.24) is 20.1 Å². The first-order chi connectivity index (χ1) is 11.9. The summed E-state index contributed by atoms with van der Waals surface area (Å²) in [5, 5.41) is 11.0. The molecule has 0 saturated carbocycles. The Kier molecular flexibility index (Phi) is 5.33. The summed E-state index contributed by atoms with van der Waals surface area (Å²) in [6.07, 6.45) is 4.13. The fraction of sp³-hybridized carbons (Fsp3) is 0.556. The van der Waals surface area contributed by atoms with Gasteiger partial charge in [-0.25, -0.2) is 9.67 Å². The van der Waals surface area contributed by atoms with Crippen LogP contribution in [0.25, 0.3) is 10.6 Å². The summed E-state index contributed by atoms with van der Waals surface area (Å²) < 4.78 is 1.89. The lowest BCUT2D eigenvalue weighted by molar-refractivity contribution is -0.117. The van der Waals surface area contributed by atoms with Gasteiger partial charge in [0.15, 0.2) is 0 Å². The molecule has 4 heterocycles. The van der Waals surface area contributed by atoms with Gasteiger partial charge in [0, 0.05) is 16.7 Å². The van der Waals surface area contributed by atoms with Gasteiger partial charge in [-0.2, -0.15) is 10.1 Å². The molecule has 8 heteroatoms. The van der Waals surface area contributed by atoms with Crippen LogP contribution in [-0.4, -0.2) is 39.6 Å². The number of hydrogen-bond acceptors (Lipinski definition) is 5. The van der Waals surface area contributed by atoms with Gasteiger partial charge in [-0.15, -0.1) is 23.7 Å². The molecule has 0 atom stereocenters. The second-order valence-electron chi connectivity index (χ2n) is 7.77. The first-order valence-electron chi connectivity index (χ1n) is 8.79. The third-order valence-electron chi connectivity index (χ3n) is 4.85. The average Bonchev–Trinajstić information content (AvgIpc) is 3.21. The van der Waals surface area contributed by atoms with Crippen molar-refractivity contribution in [3.8, 4) is 10.6 Å². The van der Waals surface area contributed by atoms with Crippen LogP contribution in [0, 0.1) is 5.92 Å². The highest BCUT2D eigenvalue weighted by Crippen LogP contribution is 2.33. The number of carbonyl (C=O) groups excluding carboxylic acids is 1. The van der Waals surface area contributed by atoms with Gasteiger partial charge < -0.3 is 5.32 Å². The van der Waals surface area contributed by atoms with Crippen LogP contribution in [0.4, 0.5) is 0 Å². The number of nitrogens with one attached hydrogen (secondary N) is 1. The zero-order valence-electron chi connectivity index (χ0n) is 15.3. The number of rotatable bonds is 2. The van der Waals surface area contributed by atoms with E-state index in [1.165, 1.54) is 0 Å². The van der Waals surface area contributed by atoms with Crippen LogP contribution in [0.1, 0.15) is 45.0 Å². The number of hydrogen-bond donors (Lipinski definition) is 1. The molecule has 1 fully saturated rings. The number of halogens is 1. The maximum atomic E-state index is 12.3. The second kappa shape index (κ2) is 7.21. The molecule has 4 rings (SSSR count). The van der Waals surface area contributed by atoms with Gasteiger partial charge in [-0.05, 0) is 25.9 Å². The van der Waals surface area contributed by atoms with E-state index in [4.69, 9.17) is 4.98 Å². The van der Waals surface area contributed by atoms with Crippen LogP contribution >= 0.6 is 23.7 Å². The summed E-state index contributed by atoms with van der Waals surface area (Å²) in [5.41, 5.74) is 2.99. The van der Waals surface area contributed by atoms with Crippen LogP contribution in [0.3, 0.4) is 0 Å². The van der Waals surface area contributed by atoms with Crippen LogP contribution in [0.2, 0.25) is 0 Å². The number of amides is 1. The SMILES string of the molecule is CC(C)(C)c1csc(-c2cnn3c2CC(=O)N=C3C2CCNCC2)n1.Cl. The molecule has 2 aliphatic heterocycles. The van der Waals surface area contributed by atoms with E-state index in [1.807, 2.05) is 10.9 Å². The second-order valence-corrected chi connectivity index (χ2v) is 8.63. The molecule has 0 aliphatic carbocycles. The fourth-order valence-electron chi connectivity index (χ4n) is 3.36. The predicted octanol–water partition coefficient (Wildman–Crippen LogP) is 3.05. The molecule has 2 aromatic heterocycles. The van der Waals surface area contributed by atoms with E-state index >= 15 is 0 Å². The van der Waals surface area contributed by atoms with E-state index in [9.17, 15) is 4.79 Å². The minimum atomic E-state index is -0.0737. The molecular formula is C18H24ClN5OS. The van der Waals surface area contributed by atoms with E-state index in [0.717, 1.165) is 53.7 Å². The van der Waals surface area contributed by atoms with Crippen molar-refractivity contribution in [3.05, 3.63) is 23.0 Å². The Morgan fingerprint density at radius 3 is 2.65 bits per heavy atom.